The van der Waals surface area contributed by atoms with Crippen molar-refractivity contribution in [3.63, 3.8) is 0 Å². The lowest BCUT2D eigenvalue weighted by atomic mass is 10.1. The molecular weight excluding hydrogens is 120 g/mol. The first kappa shape index (κ1) is 8.43. The summed E-state index contributed by atoms with van der Waals surface area (Å²) in [5.74, 6) is -1.29. The fraction of sp³-hybridized carbons (Fsp3) is 0.833. The van der Waals surface area contributed by atoms with Crippen LogP contribution in [-0.4, -0.2) is 22.3 Å². The normalized spacial score (nSPS) is 16.8. The van der Waals surface area contributed by atoms with Crippen LogP contribution in [0.15, 0.2) is 0 Å². The molecule has 0 radical (unpaired) electrons. The highest BCUT2D eigenvalue weighted by molar-refractivity contribution is 5.69. The van der Waals surface area contributed by atoms with E-state index in [-0.39, 0.29) is 0 Å². The van der Waals surface area contributed by atoms with Crippen LogP contribution in [0.5, 0.6) is 0 Å². The highest BCUT2D eigenvalue weighted by Crippen LogP contribution is 2.04. The predicted octanol–water partition coefficient (Wildman–Crippen LogP) is 0.478. The summed E-state index contributed by atoms with van der Waals surface area (Å²) in [7, 11) is 0. The van der Waals surface area contributed by atoms with Crippen molar-refractivity contribution in [3.05, 3.63) is 0 Å². The smallest absolute Gasteiger partial charge is 0.306 e. The van der Waals surface area contributed by atoms with Crippen LogP contribution in [0.4, 0.5) is 0 Å². The molecule has 2 N–H and O–H groups in total. The minimum Gasteiger partial charge on any atom is -0.481 e. The average molecular weight is 132 g/mol. The molecule has 0 aliphatic rings. The lowest BCUT2D eigenvalue weighted by Crippen LogP contribution is -2.15. The monoisotopic (exact) mass is 132 g/mol. The zero-order valence-electron chi connectivity index (χ0n) is 5.66. The van der Waals surface area contributed by atoms with Crippen molar-refractivity contribution in [1.29, 1.82) is 0 Å². The largest absolute Gasteiger partial charge is 0.481 e. The number of carboxylic acid groups (broad SMARTS) is 1. The van der Waals surface area contributed by atoms with Crippen molar-refractivity contribution in [3.8, 4) is 0 Å². The van der Waals surface area contributed by atoms with Crippen molar-refractivity contribution >= 4 is 5.97 Å². The van der Waals surface area contributed by atoms with Crippen LogP contribution in [0.25, 0.3) is 0 Å². The number of hydrogen-bond acceptors (Lipinski definition) is 2. The molecule has 54 valence electrons. The van der Waals surface area contributed by atoms with Gasteiger partial charge in [0.15, 0.2) is 0 Å². The van der Waals surface area contributed by atoms with E-state index in [0.29, 0.717) is 6.42 Å². The molecule has 0 saturated carbocycles. The van der Waals surface area contributed by atoms with Crippen molar-refractivity contribution in [2.24, 2.45) is 5.92 Å². The van der Waals surface area contributed by atoms with Crippen LogP contribution in [0, 0.1) is 5.92 Å². The SMILES string of the molecule is C[C@@H](O)C[C@H](C)C(=O)O. The van der Waals surface area contributed by atoms with Crippen LogP contribution in [-0.2, 0) is 4.79 Å². The van der Waals surface area contributed by atoms with Gasteiger partial charge in [-0.25, -0.2) is 0 Å². The Bertz CT molecular complexity index is 98.5. The van der Waals surface area contributed by atoms with E-state index in [1.807, 2.05) is 0 Å². The fourth-order valence-corrected chi connectivity index (χ4v) is 0.612. The van der Waals surface area contributed by atoms with Crippen molar-refractivity contribution < 1.29 is 15.0 Å². The Balaban J connectivity index is 3.50. The Kier molecular flexibility index (Phi) is 3.24. The van der Waals surface area contributed by atoms with Gasteiger partial charge in [0.1, 0.15) is 0 Å². The lowest BCUT2D eigenvalue weighted by Gasteiger charge is -2.06. The van der Waals surface area contributed by atoms with Crippen molar-refractivity contribution in [1.82, 2.24) is 0 Å². The molecule has 9 heavy (non-hydrogen) atoms. The first-order valence-electron chi connectivity index (χ1n) is 2.95. The van der Waals surface area contributed by atoms with Gasteiger partial charge < -0.3 is 10.2 Å². The molecular formula is C6H12O3. The molecule has 0 amide bonds. The van der Waals surface area contributed by atoms with E-state index in [2.05, 4.69) is 0 Å². The maximum atomic E-state index is 10.1. The van der Waals surface area contributed by atoms with Gasteiger partial charge in [0, 0.05) is 0 Å². The molecule has 0 saturated heterocycles. The standard InChI is InChI=1S/C6H12O3/c1-4(6(8)9)3-5(2)7/h4-5,7H,3H2,1-2H3,(H,8,9)/t4-,5+/m0/s1. The highest BCUT2D eigenvalue weighted by Gasteiger charge is 2.12. The molecule has 0 unspecified atom stereocenters. The number of carbonyl (C=O) groups is 1. The van der Waals surface area contributed by atoms with Gasteiger partial charge in [0.2, 0.25) is 0 Å². The molecule has 0 bridgehead atoms. The van der Waals surface area contributed by atoms with E-state index < -0.39 is 18.0 Å². The Hall–Kier alpha value is -0.570. The minimum absolute atomic E-state index is 0.329. The van der Waals surface area contributed by atoms with Crippen molar-refractivity contribution in [2.75, 3.05) is 0 Å². The number of aliphatic hydroxyl groups excluding tert-OH is 1. The van der Waals surface area contributed by atoms with Gasteiger partial charge in [-0.05, 0) is 13.3 Å². The van der Waals surface area contributed by atoms with E-state index in [0.717, 1.165) is 0 Å². The summed E-state index contributed by atoms with van der Waals surface area (Å²) < 4.78 is 0. The van der Waals surface area contributed by atoms with Gasteiger partial charge in [-0.3, -0.25) is 4.79 Å². The molecule has 0 heterocycles. The van der Waals surface area contributed by atoms with Gasteiger partial charge in [0.25, 0.3) is 0 Å². The fourth-order valence-electron chi connectivity index (χ4n) is 0.612. The molecule has 2 atom stereocenters. The van der Waals surface area contributed by atoms with Crippen LogP contribution in [0.2, 0.25) is 0 Å². The Morgan fingerprint density at radius 1 is 1.56 bits per heavy atom. The molecule has 0 aliphatic heterocycles. The topological polar surface area (TPSA) is 57.5 Å². The maximum absolute atomic E-state index is 10.1. The molecule has 0 aromatic heterocycles. The van der Waals surface area contributed by atoms with Gasteiger partial charge in [-0.1, -0.05) is 6.92 Å². The summed E-state index contributed by atoms with van der Waals surface area (Å²) in [4.78, 5) is 10.1. The average Bonchev–Trinajstić information content (AvgIpc) is 1.63. The summed E-state index contributed by atoms with van der Waals surface area (Å²) in [6.07, 6.45) is -0.189. The second kappa shape index (κ2) is 3.45. The summed E-state index contributed by atoms with van der Waals surface area (Å²) in [5.41, 5.74) is 0. The Morgan fingerprint density at radius 2 is 2.00 bits per heavy atom. The molecule has 0 aromatic rings. The number of carboxylic acids is 1. The third kappa shape index (κ3) is 3.97. The predicted molar refractivity (Wildman–Crippen MR) is 33.1 cm³/mol. The van der Waals surface area contributed by atoms with Gasteiger partial charge in [-0.15, -0.1) is 0 Å². The third-order valence-electron chi connectivity index (χ3n) is 1.12. The molecule has 0 aromatic carbocycles. The summed E-state index contributed by atoms with van der Waals surface area (Å²) in [5, 5.41) is 17.0. The summed E-state index contributed by atoms with van der Waals surface area (Å²) in [6, 6.07) is 0. The maximum Gasteiger partial charge on any atom is 0.306 e. The van der Waals surface area contributed by atoms with E-state index in [4.69, 9.17) is 10.2 Å². The van der Waals surface area contributed by atoms with Crippen LogP contribution in [0.1, 0.15) is 20.3 Å². The number of rotatable bonds is 3. The molecule has 0 rings (SSSR count). The first-order valence-corrected chi connectivity index (χ1v) is 2.95. The zero-order valence-corrected chi connectivity index (χ0v) is 5.66. The first-order chi connectivity index (χ1) is 4.04. The van der Waals surface area contributed by atoms with Gasteiger partial charge in [0.05, 0.1) is 12.0 Å². The summed E-state index contributed by atoms with van der Waals surface area (Å²) >= 11 is 0. The second-order valence-electron chi connectivity index (χ2n) is 2.32. The van der Waals surface area contributed by atoms with E-state index in [1.165, 1.54) is 0 Å². The molecule has 3 heteroatoms. The van der Waals surface area contributed by atoms with E-state index in [9.17, 15) is 4.79 Å². The number of hydrogen-bond donors (Lipinski definition) is 2. The third-order valence-corrected chi connectivity index (χ3v) is 1.12. The van der Waals surface area contributed by atoms with Crippen LogP contribution < -0.4 is 0 Å². The van der Waals surface area contributed by atoms with Crippen LogP contribution in [0.3, 0.4) is 0 Å². The second-order valence-corrected chi connectivity index (χ2v) is 2.32. The Labute approximate surface area is 54.3 Å². The zero-order chi connectivity index (χ0) is 7.44. The van der Waals surface area contributed by atoms with Gasteiger partial charge >= 0.3 is 5.97 Å². The quantitative estimate of drug-likeness (QED) is 0.587. The molecule has 0 spiro atoms. The number of aliphatic carboxylic acids is 1. The highest BCUT2D eigenvalue weighted by atomic mass is 16.4. The van der Waals surface area contributed by atoms with Crippen LogP contribution >= 0.6 is 0 Å². The Morgan fingerprint density at radius 3 is 2.11 bits per heavy atom. The minimum atomic E-state index is -0.851. The lowest BCUT2D eigenvalue weighted by molar-refractivity contribution is -0.142. The summed E-state index contributed by atoms with van der Waals surface area (Å²) in [6.45, 7) is 3.16. The molecule has 0 fully saturated rings. The van der Waals surface area contributed by atoms with Gasteiger partial charge in [-0.2, -0.15) is 0 Å². The number of aliphatic hydroxyl groups is 1. The van der Waals surface area contributed by atoms with E-state index >= 15 is 0 Å². The van der Waals surface area contributed by atoms with E-state index in [1.54, 1.807) is 13.8 Å². The van der Waals surface area contributed by atoms with Crippen molar-refractivity contribution in [2.45, 2.75) is 26.4 Å². The molecule has 3 nitrogen and oxygen atoms in total. The molecule has 0 aliphatic carbocycles.